The lowest BCUT2D eigenvalue weighted by molar-refractivity contribution is -0.00658. The normalized spacial score (nSPS) is 8.75. The van der Waals surface area contributed by atoms with Crippen LogP contribution in [0.2, 0.25) is 0 Å². The van der Waals surface area contributed by atoms with Crippen LogP contribution < -0.4 is 0 Å². The van der Waals surface area contributed by atoms with Crippen LogP contribution in [0.15, 0.2) is 0 Å². The van der Waals surface area contributed by atoms with Crippen molar-refractivity contribution in [3.8, 4) is 0 Å². The summed E-state index contributed by atoms with van der Waals surface area (Å²) >= 11 is 4.44. The fourth-order valence-electron chi connectivity index (χ4n) is 0.373. The van der Waals surface area contributed by atoms with Crippen molar-refractivity contribution in [2.24, 2.45) is 0 Å². The highest BCUT2D eigenvalue weighted by Gasteiger charge is 1.88. The molecule has 0 heterocycles. The minimum absolute atomic E-state index is 0.653. The molecule has 0 saturated heterocycles. The van der Waals surface area contributed by atoms with Gasteiger partial charge in [-0.3, -0.25) is 10.3 Å². The highest BCUT2D eigenvalue weighted by Crippen LogP contribution is 1.87. The summed E-state index contributed by atoms with van der Waals surface area (Å²) in [5, 5.41) is 9.69. The van der Waals surface area contributed by atoms with Crippen molar-refractivity contribution in [2.75, 3.05) is 6.54 Å². The first-order chi connectivity index (χ1) is 3.81. The molecular formula is C5H11NOS. The van der Waals surface area contributed by atoms with E-state index in [0.29, 0.717) is 6.54 Å². The van der Waals surface area contributed by atoms with E-state index in [1.807, 2.05) is 0 Å². The van der Waals surface area contributed by atoms with Gasteiger partial charge in [0.25, 0.3) is 0 Å². The van der Waals surface area contributed by atoms with Crippen LogP contribution in [-0.4, -0.2) is 22.3 Å². The summed E-state index contributed by atoms with van der Waals surface area (Å²) in [6, 6.07) is 0. The number of unbranched alkanes of at least 4 members (excludes halogenated alkanes) is 1. The molecule has 0 bridgehead atoms. The minimum atomic E-state index is 0.653. The van der Waals surface area contributed by atoms with Crippen LogP contribution in [-0.2, 0) is 0 Å². The molecule has 0 rings (SSSR count). The monoisotopic (exact) mass is 133 g/mol. The average molecular weight is 133 g/mol. The molecule has 0 unspecified atom stereocenters. The van der Waals surface area contributed by atoms with E-state index in [9.17, 15) is 0 Å². The van der Waals surface area contributed by atoms with Gasteiger partial charge in [0.05, 0.1) is 5.49 Å². The summed E-state index contributed by atoms with van der Waals surface area (Å²) in [7, 11) is 0. The van der Waals surface area contributed by atoms with Gasteiger partial charge >= 0.3 is 0 Å². The number of hydroxylamine groups is 2. The molecule has 0 aliphatic heterocycles. The fourth-order valence-corrected chi connectivity index (χ4v) is 0.478. The molecule has 0 saturated carbocycles. The Morgan fingerprint density at radius 1 is 1.75 bits per heavy atom. The predicted molar refractivity (Wildman–Crippen MR) is 37.1 cm³/mol. The Balaban J connectivity index is 2.98. The third kappa shape index (κ3) is 4.02. The average Bonchev–Trinajstić information content (AvgIpc) is 1.83. The van der Waals surface area contributed by atoms with Crippen LogP contribution in [0.1, 0.15) is 19.8 Å². The second kappa shape index (κ2) is 5.00. The number of hydrogen-bond acceptors (Lipinski definition) is 2. The topological polar surface area (TPSA) is 23.5 Å². The molecule has 0 aromatic carbocycles. The van der Waals surface area contributed by atoms with E-state index in [0.717, 1.165) is 17.9 Å². The Bertz CT molecular complexity index is 67.4. The predicted octanol–water partition coefficient (Wildman–Crippen LogP) is 1.43. The van der Waals surface area contributed by atoms with E-state index in [4.69, 9.17) is 5.21 Å². The highest BCUT2D eigenvalue weighted by molar-refractivity contribution is 7.78. The van der Waals surface area contributed by atoms with E-state index < -0.39 is 0 Å². The molecule has 0 amide bonds. The Morgan fingerprint density at radius 2 is 2.38 bits per heavy atom. The Hall–Kier alpha value is -0.150. The van der Waals surface area contributed by atoms with Crippen molar-refractivity contribution >= 4 is 17.7 Å². The summed E-state index contributed by atoms with van der Waals surface area (Å²) in [5.74, 6) is 0. The SMILES string of the molecule is CCCCN(O)C=S. The zero-order valence-corrected chi connectivity index (χ0v) is 5.82. The molecule has 1 N–H and O–H groups in total. The quantitative estimate of drug-likeness (QED) is 0.463. The summed E-state index contributed by atoms with van der Waals surface area (Å²) in [4.78, 5) is 0. The van der Waals surface area contributed by atoms with Crippen molar-refractivity contribution in [2.45, 2.75) is 19.8 Å². The molecule has 0 aliphatic rings. The van der Waals surface area contributed by atoms with Gasteiger partial charge in [0.2, 0.25) is 0 Å². The Kier molecular flexibility index (Phi) is 4.90. The van der Waals surface area contributed by atoms with Crippen LogP contribution >= 0.6 is 12.2 Å². The zero-order chi connectivity index (χ0) is 6.41. The summed E-state index contributed by atoms with van der Waals surface area (Å²) in [5.41, 5.74) is 1.25. The lowest BCUT2D eigenvalue weighted by Gasteiger charge is -2.06. The van der Waals surface area contributed by atoms with Crippen molar-refractivity contribution in [1.29, 1.82) is 0 Å². The van der Waals surface area contributed by atoms with Gasteiger partial charge in [-0.2, -0.15) is 0 Å². The zero-order valence-electron chi connectivity index (χ0n) is 5.00. The maximum atomic E-state index is 8.66. The summed E-state index contributed by atoms with van der Waals surface area (Å²) < 4.78 is 0. The lowest BCUT2D eigenvalue weighted by atomic mass is 10.3. The highest BCUT2D eigenvalue weighted by atomic mass is 32.1. The first kappa shape index (κ1) is 7.85. The van der Waals surface area contributed by atoms with Crippen LogP contribution in [0.4, 0.5) is 0 Å². The second-order valence-corrected chi connectivity index (χ2v) is 1.83. The van der Waals surface area contributed by atoms with Crippen LogP contribution in [0.25, 0.3) is 0 Å². The van der Waals surface area contributed by atoms with E-state index in [2.05, 4.69) is 19.1 Å². The fraction of sp³-hybridized carbons (Fsp3) is 0.800. The minimum Gasteiger partial charge on any atom is -0.288 e. The molecule has 2 nitrogen and oxygen atoms in total. The van der Waals surface area contributed by atoms with Crippen LogP contribution in [0.5, 0.6) is 0 Å². The van der Waals surface area contributed by atoms with Gasteiger partial charge in [-0.25, -0.2) is 0 Å². The maximum absolute atomic E-state index is 8.66. The summed E-state index contributed by atoms with van der Waals surface area (Å²) in [6.07, 6.45) is 2.07. The molecule has 0 atom stereocenters. The van der Waals surface area contributed by atoms with Crippen molar-refractivity contribution < 1.29 is 5.21 Å². The largest absolute Gasteiger partial charge is 0.288 e. The third-order valence-electron chi connectivity index (χ3n) is 0.862. The molecule has 0 spiro atoms. The maximum Gasteiger partial charge on any atom is 0.0901 e. The van der Waals surface area contributed by atoms with Gasteiger partial charge in [-0.05, 0) is 6.42 Å². The molecule has 48 valence electrons. The van der Waals surface area contributed by atoms with Crippen molar-refractivity contribution in [3.63, 3.8) is 0 Å². The van der Waals surface area contributed by atoms with Gasteiger partial charge in [0.15, 0.2) is 0 Å². The first-order valence-corrected chi connectivity index (χ1v) is 3.19. The molecule has 0 aromatic rings. The van der Waals surface area contributed by atoms with E-state index in [1.165, 1.54) is 5.49 Å². The summed E-state index contributed by atoms with van der Waals surface area (Å²) in [6.45, 7) is 2.72. The van der Waals surface area contributed by atoms with E-state index in [1.54, 1.807) is 0 Å². The Morgan fingerprint density at radius 3 is 2.75 bits per heavy atom. The van der Waals surface area contributed by atoms with Gasteiger partial charge in [0, 0.05) is 6.54 Å². The van der Waals surface area contributed by atoms with Crippen LogP contribution in [0, 0.1) is 0 Å². The number of rotatable bonds is 4. The molecule has 0 aromatic heterocycles. The van der Waals surface area contributed by atoms with Crippen molar-refractivity contribution in [1.82, 2.24) is 5.06 Å². The van der Waals surface area contributed by atoms with Gasteiger partial charge in [-0.1, -0.05) is 25.6 Å². The molecule has 8 heavy (non-hydrogen) atoms. The number of hydrogen-bond donors (Lipinski definition) is 1. The van der Waals surface area contributed by atoms with Gasteiger partial charge < -0.3 is 0 Å². The van der Waals surface area contributed by atoms with E-state index >= 15 is 0 Å². The first-order valence-electron chi connectivity index (χ1n) is 2.72. The molecule has 3 heteroatoms. The van der Waals surface area contributed by atoms with E-state index in [-0.39, 0.29) is 0 Å². The smallest absolute Gasteiger partial charge is 0.0901 e. The Labute approximate surface area is 55.1 Å². The number of thiocarbonyl (C=S) groups is 1. The third-order valence-corrected chi connectivity index (χ3v) is 1.11. The van der Waals surface area contributed by atoms with Crippen LogP contribution in [0.3, 0.4) is 0 Å². The standard InChI is InChI=1S/C5H11NOS/c1-2-3-4-6(7)5-8/h5,7H,2-4H2,1H3. The second-order valence-electron chi connectivity index (χ2n) is 1.62. The lowest BCUT2D eigenvalue weighted by Crippen LogP contribution is -2.16. The van der Waals surface area contributed by atoms with Gasteiger partial charge in [0.1, 0.15) is 0 Å². The number of nitrogens with zero attached hydrogens (tertiary/aromatic N) is 1. The molecule has 0 aliphatic carbocycles. The molecule has 0 fully saturated rings. The molecular weight excluding hydrogens is 122 g/mol. The van der Waals surface area contributed by atoms with Crippen molar-refractivity contribution in [3.05, 3.63) is 0 Å². The van der Waals surface area contributed by atoms with Gasteiger partial charge in [-0.15, -0.1) is 0 Å². The molecule has 0 radical (unpaired) electrons.